The van der Waals surface area contributed by atoms with Crippen LogP contribution in [0.1, 0.15) is 16.8 Å². The molecule has 26 heavy (non-hydrogen) atoms. The van der Waals surface area contributed by atoms with E-state index in [4.69, 9.17) is 4.74 Å². The molecule has 0 aliphatic carbocycles. The van der Waals surface area contributed by atoms with Crippen molar-refractivity contribution in [3.05, 3.63) is 42.2 Å². The van der Waals surface area contributed by atoms with Gasteiger partial charge in [0.25, 0.3) is 5.91 Å². The minimum Gasteiger partial charge on any atom is -0.471 e. The minimum atomic E-state index is -0.0632. The first-order valence-electron chi connectivity index (χ1n) is 8.66. The van der Waals surface area contributed by atoms with Crippen molar-refractivity contribution in [3.8, 4) is 5.88 Å². The fourth-order valence-corrected chi connectivity index (χ4v) is 2.87. The van der Waals surface area contributed by atoms with Gasteiger partial charge in [-0.1, -0.05) is 0 Å². The number of hydrogen-bond acceptors (Lipinski definition) is 6. The van der Waals surface area contributed by atoms with E-state index in [1.807, 2.05) is 67.2 Å². The van der Waals surface area contributed by atoms with Crippen molar-refractivity contribution in [2.45, 2.75) is 12.5 Å². The molecule has 0 spiro atoms. The van der Waals surface area contributed by atoms with Gasteiger partial charge in [0.2, 0.25) is 5.88 Å². The standard InChI is InChI=1S/C19H25N5O2/c1-22(2)15-7-5-14(6-8-15)19(25)24-10-9-16(13-24)26-18-12-20-11-17(21-18)23(3)4/h5-8,11-12,16H,9-10,13H2,1-4H3. The van der Waals surface area contributed by atoms with Crippen LogP contribution in [-0.2, 0) is 0 Å². The first kappa shape index (κ1) is 18.0. The summed E-state index contributed by atoms with van der Waals surface area (Å²) in [5, 5.41) is 0. The SMILES string of the molecule is CN(C)c1ccc(C(=O)N2CCC(Oc3cncc(N(C)C)n3)C2)cc1. The average Bonchev–Trinajstić information content (AvgIpc) is 3.09. The number of carbonyl (C=O) groups is 1. The van der Waals surface area contributed by atoms with Crippen LogP contribution in [0.2, 0.25) is 0 Å². The van der Waals surface area contributed by atoms with E-state index < -0.39 is 0 Å². The number of amides is 1. The molecule has 0 saturated carbocycles. The second-order valence-corrected chi connectivity index (χ2v) is 6.83. The van der Waals surface area contributed by atoms with Gasteiger partial charge in [-0.25, -0.2) is 0 Å². The topological polar surface area (TPSA) is 61.8 Å². The first-order valence-corrected chi connectivity index (χ1v) is 8.66. The highest BCUT2D eigenvalue weighted by atomic mass is 16.5. The fourth-order valence-electron chi connectivity index (χ4n) is 2.87. The molecule has 1 aromatic carbocycles. The Morgan fingerprint density at radius 2 is 1.85 bits per heavy atom. The summed E-state index contributed by atoms with van der Waals surface area (Å²) in [6.07, 6.45) is 4.02. The highest BCUT2D eigenvalue weighted by Gasteiger charge is 2.28. The highest BCUT2D eigenvalue weighted by Crippen LogP contribution is 2.20. The summed E-state index contributed by atoms with van der Waals surface area (Å²) in [5.41, 5.74) is 1.77. The highest BCUT2D eigenvalue weighted by molar-refractivity contribution is 5.94. The molecule has 0 bridgehead atoms. The van der Waals surface area contributed by atoms with E-state index in [-0.39, 0.29) is 12.0 Å². The zero-order valence-corrected chi connectivity index (χ0v) is 15.7. The number of anilines is 2. The molecule has 2 aromatic rings. The summed E-state index contributed by atoms with van der Waals surface area (Å²) in [7, 11) is 7.78. The summed E-state index contributed by atoms with van der Waals surface area (Å²) in [4.78, 5) is 27.0. The molecule has 7 nitrogen and oxygen atoms in total. The molecule has 0 N–H and O–H groups in total. The van der Waals surface area contributed by atoms with E-state index in [9.17, 15) is 4.79 Å². The van der Waals surface area contributed by atoms with Crippen molar-refractivity contribution in [1.82, 2.24) is 14.9 Å². The summed E-state index contributed by atoms with van der Waals surface area (Å²) < 4.78 is 5.93. The van der Waals surface area contributed by atoms with Crippen LogP contribution in [0.4, 0.5) is 11.5 Å². The van der Waals surface area contributed by atoms with E-state index in [0.717, 1.165) is 17.9 Å². The molecule has 1 fully saturated rings. The van der Waals surface area contributed by atoms with Crippen LogP contribution in [0.3, 0.4) is 0 Å². The maximum atomic E-state index is 12.7. The van der Waals surface area contributed by atoms with E-state index >= 15 is 0 Å². The van der Waals surface area contributed by atoms with Gasteiger partial charge < -0.3 is 19.4 Å². The van der Waals surface area contributed by atoms with E-state index in [0.29, 0.717) is 24.5 Å². The summed E-state index contributed by atoms with van der Waals surface area (Å²) >= 11 is 0. The lowest BCUT2D eigenvalue weighted by Gasteiger charge is -2.18. The molecule has 1 unspecified atom stereocenters. The smallest absolute Gasteiger partial charge is 0.253 e. The molecule has 1 saturated heterocycles. The van der Waals surface area contributed by atoms with Crippen molar-refractivity contribution >= 4 is 17.4 Å². The Bertz CT molecular complexity index is 761. The van der Waals surface area contributed by atoms with Crippen LogP contribution in [0, 0.1) is 0 Å². The molecule has 1 aliphatic heterocycles. The van der Waals surface area contributed by atoms with Crippen molar-refractivity contribution in [2.75, 3.05) is 51.1 Å². The Labute approximate surface area is 154 Å². The number of hydrogen-bond donors (Lipinski definition) is 0. The van der Waals surface area contributed by atoms with Gasteiger partial charge in [0.15, 0.2) is 5.82 Å². The maximum absolute atomic E-state index is 12.7. The van der Waals surface area contributed by atoms with Gasteiger partial charge in [0.05, 0.1) is 18.9 Å². The molecule has 1 atom stereocenters. The molecule has 3 rings (SSSR count). The maximum Gasteiger partial charge on any atom is 0.253 e. The summed E-state index contributed by atoms with van der Waals surface area (Å²) in [5.74, 6) is 1.27. The summed E-state index contributed by atoms with van der Waals surface area (Å²) in [6, 6.07) is 7.66. The van der Waals surface area contributed by atoms with Crippen LogP contribution in [0.5, 0.6) is 5.88 Å². The molecular formula is C19H25N5O2. The zero-order chi connectivity index (χ0) is 18.7. The van der Waals surface area contributed by atoms with Gasteiger partial charge >= 0.3 is 0 Å². The quantitative estimate of drug-likeness (QED) is 0.816. The van der Waals surface area contributed by atoms with Gasteiger partial charge in [-0.2, -0.15) is 4.98 Å². The Kier molecular flexibility index (Phi) is 5.25. The number of likely N-dealkylation sites (tertiary alicyclic amines) is 1. The Hall–Kier alpha value is -2.83. The van der Waals surface area contributed by atoms with E-state index in [2.05, 4.69) is 9.97 Å². The fraction of sp³-hybridized carbons (Fsp3) is 0.421. The first-order chi connectivity index (χ1) is 12.4. The van der Waals surface area contributed by atoms with Gasteiger partial charge in [-0.15, -0.1) is 0 Å². The van der Waals surface area contributed by atoms with Crippen LogP contribution in [-0.4, -0.2) is 68.2 Å². The lowest BCUT2D eigenvalue weighted by Crippen LogP contribution is -2.31. The zero-order valence-electron chi connectivity index (χ0n) is 15.7. The number of nitrogens with zero attached hydrogens (tertiary/aromatic N) is 5. The van der Waals surface area contributed by atoms with Gasteiger partial charge in [0.1, 0.15) is 6.10 Å². The third-order valence-electron chi connectivity index (χ3n) is 4.41. The molecule has 0 radical (unpaired) electrons. The third-order valence-corrected chi connectivity index (χ3v) is 4.41. The second kappa shape index (κ2) is 7.59. The van der Waals surface area contributed by atoms with Crippen molar-refractivity contribution in [1.29, 1.82) is 0 Å². The third kappa shape index (κ3) is 4.04. The van der Waals surface area contributed by atoms with E-state index in [1.54, 1.807) is 12.4 Å². The normalized spacial score (nSPS) is 16.5. The van der Waals surface area contributed by atoms with Crippen LogP contribution < -0.4 is 14.5 Å². The van der Waals surface area contributed by atoms with Crippen molar-refractivity contribution in [2.24, 2.45) is 0 Å². The number of carbonyl (C=O) groups excluding carboxylic acids is 1. The Morgan fingerprint density at radius 1 is 1.12 bits per heavy atom. The van der Waals surface area contributed by atoms with Crippen LogP contribution in [0.15, 0.2) is 36.7 Å². The van der Waals surface area contributed by atoms with Crippen LogP contribution in [0.25, 0.3) is 0 Å². The Balaban J connectivity index is 1.61. The lowest BCUT2D eigenvalue weighted by molar-refractivity contribution is 0.0771. The van der Waals surface area contributed by atoms with Crippen molar-refractivity contribution in [3.63, 3.8) is 0 Å². The molecule has 7 heteroatoms. The van der Waals surface area contributed by atoms with Gasteiger partial charge in [-0.3, -0.25) is 9.78 Å². The average molecular weight is 355 g/mol. The lowest BCUT2D eigenvalue weighted by atomic mass is 10.2. The summed E-state index contributed by atoms with van der Waals surface area (Å²) in [6.45, 7) is 1.24. The second-order valence-electron chi connectivity index (χ2n) is 6.83. The monoisotopic (exact) mass is 355 g/mol. The number of benzene rings is 1. The largest absolute Gasteiger partial charge is 0.471 e. The molecule has 2 heterocycles. The predicted molar refractivity (Wildman–Crippen MR) is 102 cm³/mol. The number of ether oxygens (including phenoxy) is 1. The van der Waals surface area contributed by atoms with Gasteiger partial charge in [0, 0.05) is 52.4 Å². The van der Waals surface area contributed by atoms with Crippen molar-refractivity contribution < 1.29 is 9.53 Å². The molecular weight excluding hydrogens is 330 g/mol. The number of aromatic nitrogens is 2. The Morgan fingerprint density at radius 3 is 2.50 bits per heavy atom. The number of rotatable bonds is 5. The predicted octanol–water partition coefficient (Wildman–Crippen LogP) is 1.90. The van der Waals surface area contributed by atoms with Crippen LogP contribution >= 0.6 is 0 Å². The molecule has 1 aromatic heterocycles. The molecule has 138 valence electrons. The molecule has 1 aliphatic rings. The minimum absolute atomic E-state index is 0.0366. The van der Waals surface area contributed by atoms with E-state index in [1.165, 1.54) is 0 Å². The van der Waals surface area contributed by atoms with Gasteiger partial charge in [-0.05, 0) is 24.3 Å². The molecule has 1 amide bonds.